The van der Waals surface area contributed by atoms with Crippen LogP contribution in [0.1, 0.15) is 71.1 Å². The maximum atomic E-state index is 6.39. The number of hydrogen-bond donors (Lipinski definition) is 1. The van der Waals surface area contributed by atoms with Crippen molar-refractivity contribution in [2.24, 2.45) is 0 Å². The Balaban J connectivity index is 2.01. The first-order valence-corrected chi connectivity index (χ1v) is 7.65. The van der Waals surface area contributed by atoms with Crippen LogP contribution in [0.5, 0.6) is 0 Å². The molecule has 2 unspecified atom stereocenters. The number of nitrogens with one attached hydrogen (secondary N) is 1. The molecule has 0 bridgehead atoms. The summed E-state index contributed by atoms with van der Waals surface area (Å²) in [7, 11) is 0. The minimum absolute atomic E-state index is 0.373. The van der Waals surface area contributed by atoms with Crippen molar-refractivity contribution in [3.05, 3.63) is 0 Å². The Hall–Kier alpha value is 0.250. The van der Waals surface area contributed by atoms with E-state index in [4.69, 9.17) is 11.6 Å². The van der Waals surface area contributed by atoms with Crippen molar-refractivity contribution in [3.63, 3.8) is 0 Å². The minimum atomic E-state index is 0.373. The SMILES string of the molecule is CCCCCCCNC1CCCCCC1Cl. The molecule has 0 spiro atoms. The highest BCUT2D eigenvalue weighted by molar-refractivity contribution is 6.21. The number of halogens is 1. The quantitative estimate of drug-likeness (QED) is 0.396. The molecule has 1 aliphatic rings. The average Bonchev–Trinajstić information content (AvgIpc) is 2.49. The smallest absolute Gasteiger partial charge is 0.0489 e. The van der Waals surface area contributed by atoms with E-state index in [9.17, 15) is 0 Å². The van der Waals surface area contributed by atoms with Gasteiger partial charge in [0.2, 0.25) is 0 Å². The maximum absolute atomic E-state index is 6.39. The summed E-state index contributed by atoms with van der Waals surface area (Å²) < 4.78 is 0. The van der Waals surface area contributed by atoms with Gasteiger partial charge in [0.15, 0.2) is 0 Å². The topological polar surface area (TPSA) is 12.0 Å². The number of rotatable bonds is 7. The lowest BCUT2D eigenvalue weighted by atomic mass is 10.1. The molecular weight excluding hydrogens is 218 g/mol. The van der Waals surface area contributed by atoms with E-state index in [0.717, 1.165) is 6.54 Å². The molecule has 96 valence electrons. The first kappa shape index (κ1) is 14.3. The lowest BCUT2D eigenvalue weighted by molar-refractivity contribution is 0.453. The van der Waals surface area contributed by atoms with Crippen LogP contribution in [0.4, 0.5) is 0 Å². The molecule has 0 amide bonds. The van der Waals surface area contributed by atoms with Crippen LogP contribution < -0.4 is 5.32 Å². The van der Waals surface area contributed by atoms with Crippen LogP contribution >= 0.6 is 11.6 Å². The average molecular weight is 246 g/mol. The molecular formula is C14H28ClN. The fourth-order valence-corrected chi connectivity index (χ4v) is 2.88. The van der Waals surface area contributed by atoms with Crippen LogP contribution in [0.15, 0.2) is 0 Å². The van der Waals surface area contributed by atoms with Gasteiger partial charge in [0.05, 0.1) is 0 Å². The molecule has 0 aromatic rings. The van der Waals surface area contributed by atoms with Gasteiger partial charge in [-0.3, -0.25) is 0 Å². The summed E-state index contributed by atoms with van der Waals surface area (Å²) in [5.41, 5.74) is 0. The molecule has 0 aromatic heterocycles. The van der Waals surface area contributed by atoms with E-state index in [0.29, 0.717) is 11.4 Å². The van der Waals surface area contributed by atoms with Gasteiger partial charge in [0.25, 0.3) is 0 Å². The van der Waals surface area contributed by atoms with Gasteiger partial charge in [0.1, 0.15) is 0 Å². The summed E-state index contributed by atoms with van der Waals surface area (Å²) in [5, 5.41) is 4.03. The Labute approximate surface area is 106 Å². The normalized spacial score (nSPS) is 26.6. The zero-order chi connectivity index (χ0) is 11.6. The number of alkyl halides is 1. The largest absolute Gasteiger partial charge is 0.313 e. The summed E-state index contributed by atoms with van der Waals surface area (Å²) in [4.78, 5) is 0. The standard InChI is InChI=1S/C14H28ClN/c1-2-3-4-5-9-12-16-14-11-8-6-7-10-13(14)15/h13-14,16H,2-12H2,1H3. The van der Waals surface area contributed by atoms with Crippen LogP contribution in [0, 0.1) is 0 Å². The minimum Gasteiger partial charge on any atom is -0.313 e. The molecule has 16 heavy (non-hydrogen) atoms. The lowest BCUT2D eigenvalue weighted by Crippen LogP contribution is -2.36. The Morgan fingerprint density at radius 3 is 2.56 bits per heavy atom. The second kappa shape index (κ2) is 9.30. The summed E-state index contributed by atoms with van der Waals surface area (Å²) in [6.07, 6.45) is 13.4. The first-order valence-electron chi connectivity index (χ1n) is 7.22. The highest BCUT2D eigenvalue weighted by Crippen LogP contribution is 2.22. The molecule has 0 aromatic carbocycles. The van der Waals surface area contributed by atoms with Gasteiger partial charge in [-0.15, -0.1) is 11.6 Å². The van der Waals surface area contributed by atoms with E-state index in [1.165, 1.54) is 64.2 Å². The fraction of sp³-hybridized carbons (Fsp3) is 1.00. The van der Waals surface area contributed by atoms with Gasteiger partial charge in [-0.05, 0) is 25.8 Å². The molecule has 1 nitrogen and oxygen atoms in total. The maximum Gasteiger partial charge on any atom is 0.0489 e. The van der Waals surface area contributed by atoms with Crippen LogP contribution in [-0.4, -0.2) is 18.0 Å². The molecule has 2 heteroatoms. The van der Waals surface area contributed by atoms with E-state index < -0.39 is 0 Å². The highest BCUT2D eigenvalue weighted by Gasteiger charge is 2.20. The van der Waals surface area contributed by atoms with E-state index in [-0.39, 0.29) is 0 Å². The molecule has 0 heterocycles. The van der Waals surface area contributed by atoms with Crippen molar-refractivity contribution < 1.29 is 0 Å². The zero-order valence-corrected chi connectivity index (χ0v) is 11.6. The Morgan fingerprint density at radius 2 is 1.75 bits per heavy atom. The molecule has 1 rings (SSSR count). The van der Waals surface area contributed by atoms with Crippen molar-refractivity contribution >= 4 is 11.6 Å². The van der Waals surface area contributed by atoms with E-state index >= 15 is 0 Å². The highest BCUT2D eigenvalue weighted by atomic mass is 35.5. The van der Waals surface area contributed by atoms with E-state index in [2.05, 4.69) is 12.2 Å². The number of hydrogen-bond acceptors (Lipinski definition) is 1. The zero-order valence-electron chi connectivity index (χ0n) is 10.8. The van der Waals surface area contributed by atoms with Crippen LogP contribution in [0.25, 0.3) is 0 Å². The second-order valence-corrected chi connectivity index (χ2v) is 5.69. The molecule has 1 saturated carbocycles. The van der Waals surface area contributed by atoms with Gasteiger partial charge < -0.3 is 5.32 Å². The van der Waals surface area contributed by atoms with Gasteiger partial charge in [0, 0.05) is 11.4 Å². The molecule has 1 N–H and O–H groups in total. The van der Waals surface area contributed by atoms with Gasteiger partial charge in [-0.1, -0.05) is 51.9 Å². The van der Waals surface area contributed by atoms with E-state index in [1.54, 1.807) is 0 Å². The molecule has 2 atom stereocenters. The van der Waals surface area contributed by atoms with Crippen molar-refractivity contribution in [2.45, 2.75) is 82.6 Å². The summed E-state index contributed by atoms with van der Waals surface area (Å²) in [6.45, 7) is 3.43. The third-order valence-electron chi connectivity index (χ3n) is 3.62. The monoisotopic (exact) mass is 245 g/mol. The van der Waals surface area contributed by atoms with Crippen molar-refractivity contribution in [1.82, 2.24) is 5.32 Å². The molecule has 1 fully saturated rings. The third-order valence-corrected chi connectivity index (χ3v) is 4.14. The Kier molecular flexibility index (Phi) is 8.32. The van der Waals surface area contributed by atoms with E-state index in [1.807, 2.05) is 0 Å². The predicted molar refractivity (Wildman–Crippen MR) is 73.3 cm³/mol. The van der Waals surface area contributed by atoms with Gasteiger partial charge >= 0.3 is 0 Å². The van der Waals surface area contributed by atoms with Crippen LogP contribution in [0.3, 0.4) is 0 Å². The number of unbranched alkanes of at least 4 members (excludes halogenated alkanes) is 4. The third kappa shape index (κ3) is 6.10. The Morgan fingerprint density at radius 1 is 1.00 bits per heavy atom. The van der Waals surface area contributed by atoms with Crippen LogP contribution in [0.2, 0.25) is 0 Å². The van der Waals surface area contributed by atoms with Gasteiger partial charge in [-0.2, -0.15) is 0 Å². The van der Waals surface area contributed by atoms with Crippen molar-refractivity contribution in [3.8, 4) is 0 Å². The van der Waals surface area contributed by atoms with Crippen molar-refractivity contribution in [2.75, 3.05) is 6.54 Å². The molecule has 0 radical (unpaired) electrons. The fourth-order valence-electron chi connectivity index (χ4n) is 2.51. The van der Waals surface area contributed by atoms with Gasteiger partial charge in [-0.25, -0.2) is 0 Å². The van der Waals surface area contributed by atoms with Crippen molar-refractivity contribution in [1.29, 1.82) is 0 Å². The first-order chi connectivity index (χ1) is 7.84. The summed E-state index contributed by atoms with van der Waals surface area (Å²) in [6, 6.07) is 0.579. The predicted octanol–water partition coefficient (Wildman–Crippen LogP) is 4.49. The summed E-state index contributed by atoms with van der Waals surface area (Å²) in [5.74, 6) is 0. The molecule has 0 aliphatic heterocycles. The molecule has 1 aliphatic carbocycles. The lowest BCUT2D eigenvalue weighted by Gasteiger charge is -2.21. The Bertz CT molecular complexity index is 161. The van der Waals surface area contributed by atoms with Crippen LogP contribution in [-0.2, 0) is 0 Å². The molecule has 0 saturated heterocycles. The second-order valence-electron chi connectivity index (χ2n) is 5.13. The summed E-state index contributed by atoms with van der Waals surface area (Å²) >= 11 is 6.39.